The number of carbonyl (C=O) groups excluding carboxylic acids is 6. The first-order valence-corrected chi connectivity index (χ1v) is 27.1. The normalized spacial score (nSPS) is 12.7. The number of benzene rings is 4. The molecule has 0 fully saturated rings. The van der Waals surface area contributed by atoms with E-state index < -0.39 is 53.3 Å². The van der Waals surface area contributed by atoms with E-state index in [2.05, 4.69) is 22.5 Å². The van der Waals surface area contributed by atoms with Gasteiger partial charge in [0, 0.05) is 29.5 Å². The van der Waals surface area contributed by atoms with E-state index in [0.29, 0.717) is 49.8 Å². The van der Waals surface area contributed by atoms with Crippen LogP contribution in [0.15, 0.2) is 134 Å². The van der Waals surface area contributed by atoms with Gasteiger partial charge >= 0.3 is 36.1 Å². The lowest BCUT2D eigenvalue weighted by Gasteiger charge is -2.23. The molecule has 0 saturated heterocycles. The predicted molar refractivity (Wildman–Crippen MR) is 298 cm³/mol. The zero-order valence-electron chi connectivity index (χ0n) is 47.0. The number of alkyl carbamates (subject to hydrolysis) is 2. The summed E-state index contributed by atoms with van der Waals surface area (Å²) in [6.07, 6.45) is 5.07. The molecule has 4 atom stereocenters. The quantitative estimate of drug-likeness (QED) is 0.0176. The van der Waals surface area contributed by atoms with Gasteiger partial charge in [0.1, 0.15) is 56.3 Å². The monoisotopic (exact) mass is 1080 g/mol. The first kappa shape index (κ1) is 61.9. The minimum atomic E-state index is -1.23. The Bertz CT molecular complexity index is 2800. The molecule has 2 amide bonds. The second kappa shape index (κ2) is 31.4. The number of hydrogen-bond donors (Lipinski definition) is 2. The number of carbonyl (C=O) groups is 6. The number of hydrogen-bond acceptors (Lipinski definition) is 12. The zero-order chi connectivity index (χ0) is 57.2. The molecule has 0 unspecified atom stereocenters. The molecule has 15 heteroatoms. The molecule has 5 rings (SSSR count). The van der Waals surface area contributed by atoms with Gasteiger partial charge in [-0.25, -0.2) is 23.7 Å². The minimum Gasteiger partial charge on any atom is -0.461 e. The molecule has 1 heterocycles. The maximum atomic E-state index is 14.0. The highest BCUT2D eigenvalue weighted by molar-refractivity contribution is 5.82. The molecule has 4 aromatic carbocycles. The van der Waals surface area contributed by atoms with Crippen molar-refractivity contribution in [2.24, 2.45) is 11.8 Å². The molecular formula is C64H78N3O12+. The summed E-state index contributed by atoms with van der Waals surface area (Å²) in [7, 11) is 0. The van der Waals surface area contributed by atoms with Crippen LogP contribution in [0.5, 0.6) is 0 Å². The van der Waals surface area contributed by atoms with Crippen LogP contribution in [-0.4, -0.2) is 59.3 Å². The molecular weight excluding hydrogens is 1000 g/mol. The van der Waals surface area contributed by atoms with E-state index >= 15 is 0 Å². The third kappa shape index (κ3) is 23.7. The predicted octanol–water partition coefficient (Wildman–Crippen LogP) is 10.8. The van der Waals surface area contributed by atoms with Gasteiger partial charge in [-0.15, -0.1) is 0 Å². The smallest absolute Gasteiger partial charge is 0.408 e. The van der Waals surface area contributed by atoms with Gasteiger partial charge in [0.05, 0.1) is 11.8 Å². The first-order chi connectivity index (χ1) is 37.7. The third-order valence-electron chi connectivity index (χ3n) is 12.3. The van der Waals surface area contributed by atoms with Crippen LogP contribution in [0.25, 0.3) is 0 Å². The molecule has 0 saturated carbocycles. The van der Waals surface area contributed by atoms with Crippen LogP contribution in [0, 0.1) is 23.7 Å². The Hall–Kier alpha value is -7.99. The number of rotatable bonds is 26. The SMILES string of the molecule is C[C@@H](CCCC[n+]1cc(CC[C@H](NC(=O)OC(C)(C)C)C(=O)OCc2ccccc2)c(C#CC[C@H](NC(=O)OC(C)(C)C)C(=O)OCc2ccccc2)c(CC[C@H](C)C(=O)OCc2ccccc2)c1)C(=O)OCc1ccccc1. The van der Waals surface area contributed by atoms with E-state index in [-0.39, 0.29) is 63.5 Å². The number of unbranched alkanes of at least 4 members (excludes halogenated alkanes) is 1. The molecule has 0 aliphatic rings. The van der Waals surface area contributed by atoms with Gasteiger partial charge in [-0.3, -0.25) is 9.59 Å². The summed E-state index contributed by atoms with van der Waals surface area (Å²) < 4.78 is 36.0. The Morgan fingerprint density at radius 1 is 0.481 bits per heavy atom. The van der Waals surface area contributed by atoms with Crippen molar-refractivity contribution in [3.8, 4) is 11.8 Å². The van der Waals surface area contributed by atoms with Crippen LogP contribution in [0.3, 0.4) is 0 Å². The average molecular weight is 1080 g/mol. The Kier molecular flexibility index (Phi) is 24.6. The summed E-state index contributed by atoms with van der Waals surface area (Å²) >= 11 is 0. The van der Waals surface area contributed by atoms with Crippen molar-refractivity contribution in [1.82, 2.24) is 10.6 Å². The Morgan fingerprint density at radius 3 is 1.27 bits per heavy atom. The molecule has 0 aliphatic carbocycles. The van der Waals surface area contributed by atoms with Crippen LogP contribution < -0.4 is 15.2 Å². The van der Waals surface area contributed by atoms with Crippen LogP contribution in [-0.2, 0) is 93.4 Å². The van der Waals surface area contributed by atoms with Crippen molar-refractivity contribution in [3.63, 3.8) is 0 Å². The lowest BCUT2D eigenvalue weighted by Crippen LogP contribution is -2.44. The summed E-state index contributed by atoms with van der Waals surface area (Å²) in [6.45, 7) is 14.8. The second-order valence-corrected chi connectivity index (χ2v) is 21.6. The highest BCUT2D eigenvalue weighted by Gasteiger charge is 2.29. The molecule has 1 aromatic heterocycles. The van der Waals surface area contributed by atoms with E-state index in [4.69, 9.17) is 28.4 Å². The molecule has 0 radical (unpaired) electrons. The number of pyridine rings is 1. The lowest BCUT2D eigenvalue weighted by molar-refractivity contribution is -0.698. The maximum Gasteiger partial charge on any atom is 0.408 e. The number of ether oxygens (including phenoxy) is 6. The van der Waals surface area contributed by atoms with Gasteiger partial charge in [0.15, 0.2) is 12.4 Å². The summed E-state index contributed by atoms with van der Waals surface area (Å²) in [6, 6.07) is 34.9. The number of nitrogens with one attached hydrogen (secondary N) is 2. The molecule has 79 heavy (non-hydrogen) atoms. The Labute approximate surface area is 466 Å². The molecule has 15 nitrogen and oxygen atoms in total. The third-order valence-corrected chi connectivity index (χ3v) is 12.3. The average Bonchev–Trinajstić information content (AvgIpc) is 3.43. The second-order valence-electron chi connectivity index (χ2n) is 21.6. The van der Waals surface area contributed by atoms with Crippen LogP contribution in [0.4, 0.5) is 9.59 Å². The van der Waals surface area contributed by atoms with E-state index in [1.54, 1.807) is 41.5 Å². The summed E-state index contributed by atoms with van der Waals surface area (Å²) in [5, 5.41) is 5.39. The van der Waals surface area contributed by atoms with Gasteiger partial charge in [-0.2, -0.15) is 0 Å². The van der Waals surface area contributed by atoms with Gasteiger partial charge in [-0.05, 0) is 102 Å². The van der Waals surface area contributed by atoms with Crippen molar-refractivity contribution in [2.45, 2.75) is 163 Å². The molecule has 2 N–H and O–H groups in total. The van der Waals surface area contributed by atoms with Crippen molar-refractivity contribution in [1.29, 1.82) is 0 Å². The fourth-order valence-corrected chi connectivity index (χ4v) is 8.08. The van der Waals surface area contributed by atoms with Crippen molar-refractivity contribution < 1.29 is 61.8 Å². The van der Waals surface area contributed by atoms with Crippen LogP contribution in [0.1, 0.15) is 133 Å². The highest BCUT2D eigenvalue weighted by atomic mass is 16.6. The van der Waals surface area contributed by atoms with E-state index in [9.17, 15) is 28.8 Å². The molecule has 5 aromatic rings. The standard InChI is InChI=1S/C64H77N3O12/c1-46(57(68)74-42-48-25-13-9-14-26-48)24-21-22-39-67-40-52(36-35-47(2)58(69)75-43-49-27-15-10-16-28-49)54(33-23-34-55(65-61(72)78-63(3,4)5)59(70)76-44-50-29-17-11-18-30-50)53(41-67)37-38-56(66-62(73)79-64(6,7)8)60(71)77-45-51-31-19-12-20-32-51/h9-20,25-32,40-41,46-47,55-56H,21-22,24,34-39,42-45H2,1-8H3,(H-,65,66,72,73)/p+1/t46-,47-,55-,56-/m0/s1. The number of amides is 2. The van der Waals surface area contributed by atoms with E-state index in [0.717, 1.165) is 27.8 Å². The fraction of sp³-hybridized carbons (Fsp3) is 0.422. The van der Waals surface area contributed by atoms with Gasteiger partial charge in [0.2, 0.25) is 0 Å². The molecule has 0 bridgehead atoms. The zero-order valence-corrected chi connectivity index (χ0v) is 47.0. The molecule has 420 valence electrons. The van der Waals surface area contributed by atoms with Crippen molar-refractivity contribution in [2.75, 3.05) is 0 Å². The highest BCUT2D eigenvalue weighted by Crippen LogP contribution is 2.22. The topological polar surface area (TPSA) is 186 Å². The van der Waals surface area contributed by atoms with Gasteiger partial charge in [0.25, 0.3) is 0 Å². The number of aryl methyl sites for hydroxylation is 3. The largest absolute Gasteiger partial charge is 0.461 e. The molecule has 0 aliphatic heterocycles. The van der Waals surface area contributed by atoms with E-state index in [1.165, 1.54) is 0 Å². The Morgan fingerprint density at radius 2 is 0.848 bits per heavy atom. The minimum absolute atomic E-state index is 0.0278. The Balaban J connectivity index is 1.50. The van der Waals surface area contributed by atoms with Gasteiger partial charge < -0.3 is 39.1 Å². The maximum absolute atomic E-state index is 14.0. The van der Waals surface area contributed by atoms with Gasteiger partial charge in [-0.1, -0.05) is 147 Å². The molecule has 0 spiro atoms. The summed E-state index contributed by atoms with van der Waals surface area (Å²) in [5.41, 5.74) is 3.58. The first-order valence-electron chi connectivity index (χ1n) is 27.1. The van der Waals surface area contributed by atoms with Crippen molar-refractivity contribution in [3.05, 3.63) is 173 Å². The van der Waals surface area contributed by atoms with E-state index in [1.807, 2.05) is 152 Å². The van der Waals surface area contributed by atoms with Crippen LogP contribution in [0.2, 0.25) is 0 Å². The van der Waals surface area contributed by atoms with Crippen molar-refractivity contribution >= 4 is 36.1 Å². The summed E-state index contributed by atoms with van der Waals surface area (Å²) in [5.74, 6) is 3.59. The fourth-order valence-electron chi connectivity index (χ4n) is 8.08. The number of esters is 4. The lowest BCUT2D eigenvalue weighted by atomic mass is 9.93. The van der Waals surface area contributed by atoms with Crippen LogP contribution >= 0.6 is 0 Å². The number of nitrogens with zero attached hydrogens (tertiary/aromatic N) is 1. The number of aromatic nitrogens is 1. The summed E-state index contributed by atoms with van der Waals surface area (Å²) in [4.78, 5) is 80.7.